The summed E-state index contributed by atoms with van der Waals surface area (Å²) in [6.07, 6.45) is 24.2. The molecular formula is C33H44O. The smallest absolute Gasteiger partial charge is 0.0721 e. The summed E-state index contributed by atoms with van der Waals surface area (Å²) in [5.41, 5.74) is 5.32. The van der Waals surface area contributed by atoms with Crippen LogP contribution in [0.5, 0.6) is 0 Å². The SMILES string of the molecule is C=CCOCc1ccc(CCCC[C@H]2CC[C@H](C=Cc3ccc(C=CCCC)cc3)CC2)cc1. The van der Waals surface area contributed by atoms with Gasteiger partial charge in [0.05, 0.1) is 13.2 Å². The Morgan fingerprint density at radius 2 is 1.53 bits per heavy atom. The molecule has 0 aromatic heterocycles. The second-order valence-electron chi connectivity index (χ2n) is 9.86. The molecule has 0 bridgehead atoms. The monoisotopic (exact) mass is 456 g/mol. The predicted molar refractivity (Wildman–Crippen MR) is 149 cm³/mol. The molecule has 0 radical (unpaired) electrons. The Morgan fingerprint density at radius 3 is 2.21 bits per heavy atom. The Bertz CT molecular complexity index is 864. The van der Waals surface area contributed by atoms with Crippen molar-refractivity contribution in [3.8, 4) is 0 Å². The van der Waals surface area contributed by atoms with Crippen molar-refractivity contribution in [1.29, 1.82) is 0 Å². The molecule has 2 aromatic rings. The van der Waals surface area contributed by atoms with Crippen molar-refractivity contribution in [2.75, 3.05) is 6.61 Å². The molecule has 1 heteroatoms. The third-order valence-electron chi connectivity index (χ3n) is 7.01. The van der Waals surface area contributed by atoms with Crippen LogP contribution in [0, 0.1) is 11.8 Å². The fourth-order valence-electron chi connectivity index (χ4n) is 4.85. The van der Waals surface area contributed by atoms with Crippen LogP contribution in [-0.2, 0) is 17.8 Å². The molecule has 0 heterocycles. The lowest BCUT2D eigenvalue weighted by atomic mass is 9.79. The van der Waals surface area contributed by atoms with Gasteiger partial charge in [-0.15, -0.1) is 6.58 Å². The zero-order valence-corrected chi connectivity index (χ0v) is 21.3. The van der Waals surface area contributed by atoms with Gasteiger partial charge in [0.1, 0.15) is 0 Å². The van der Waals surface area contributed by atoms with E-state index in [9.17, 15) is 0 Å². The van der Waals surface area contributed by atoms with Crippen LogP contribution < -0.4 is 0 Å². The number of unbranched alkanes of at least 4 members (excludes halogenated alkanes) is 2. The molecule has 34 heavy (non-hydrogen) atoms. The topological polar surface area (TPSA) is 9.23 Å². The first-order valence-electron chi connectivity index (χ1n) is 13.5. The zero-order chi connectivity index (χ0) is 23.8. The van der Waals surface area contributed by atoms with Gasteiger partial charge in [-0.3, -0.25) is 0 Å². The maximum atomic E-state index is 5.51. The summed E-state index contributed by atoms with van der Waals surface area (Å²) in [4.78, 5) is 0. The Hall–Kier alpha value is -2.38. The standard InChI is InChI=1S/C33H44O/c1-3-5-6-9-28-12-16-31(17-13-28)20-21-32-18-14-29(15-19-32)10-7-8-11-30-22-24-33(25-23-30)27-34-26-4-2/h4,6,9,12-13,16-17,20-25,29,32H,2-3,5,7-8,10-11,14-15,18-19,26-27H2,1H3/t29-,32-. The molecule has 0 saturated heterocycles. The van der Waals surface area contributed by atoms with E-state index >= 15 is 0 Å². The molecule has 0 atom stereocenters. The number of benzene rings is 2. The largest absolute Gasteiger partial charge is 0.373 e. The number of hydrogen-bond acceptors (Lipinski definition) is 1. The molecule has 1 fully saturated rings. The van der Waals surface area contributed by atoms with Gasteiger partial charge in [-0.1, -0.05) is 105 Å². The van der Waals surface area contributed by atoms with E-state index in [-0.39, 0.29) is 0 Å². The van der Waals surface area contributed by atoms with E-state index < -0.39 is 0 Å². The van der Waals surface area contributed by atoms with Crippen molar-refractivity contribution in [2.24, 2.45) is 11.8 Å². The summed E-state index contributed by atoms with van der Waals surface area (Å²) in [6, 6.07) is 17.9. The minimum Gasteiger partial charge on any atom is -0.373 e. The van der Waals surface area contributed by atoms with Gasteiger partial charge in [0.2, 0.25) is 0 Å². The highest BCUT2D eigenvalue weighted by Gasteiger charge is 2.19. The molecule has 0 N–H and O–H groups in total. The van der Waals surface area contributed by atoms with Crippen molar-refractivity contribution in [1.82, 2.24) is 0 Å². The van der Waals surface area contributed by atoms with Crippen LogP contribution in [0.2, 0.25) is 0 Å². The molecule has 182 valence electrons. The van der Waals surface area contributed by atoms with Crippen LogP contribution in [0.3, 0.4) is 0 Å². The molecule has 3 rings (SSSR count). The van der Waals surface area contributed by atoms with E-state index in [0.29, 0.717) is 13.2 Å². The van der Waals surface area contributed by atoms with Gasteiger partial charge in [-0.05, 0) is 79.0 Å². The second-order valence-corrected chi connectivity index (χ2v) is 9.86. The summed E-state index contributed by atoms with van der Waals surface area (Å²) in [5, 5.41) is 0. The highest BCUT2D eigenvalue weighted by molar-refractivity contribution is 5.55. The number of aryl methyl sites for hydroxylation is 1. The summed E-state index contributed by atoms with van der Waals surface area (Å²) >= 11 is 0. The Labute approximate surface area is 208 Å². The van der Waals surface area contributed by atoms with E-state index in [0.717, 1.165) is 18.3 Å². The number of allylic oxidation sites excluding steroid dienone is 2. The minimum atomic E-state index is 0.616. The molecule has 0 spiro atoms. The molecular weight excluding hydrogens is 412 g/mol. The molecule has 0 aliphatic heterocycles. The fourth-order valence-corrected chi connectivity index (χ4v) is 4.85. The maximum absolute atomic E-state index is 5.51. The first-order valence-corrected chi connectivity index (χ1v) is 13.5. The Balaban J connectivity index is 1.29. The average molecular weight is 457 g/mol. The molecule has 1 saturated carbocycles. The summed E-state index contributed by atoms with van der Waals surface area (Å²) in [7, 11) is 0. The maximum Gasteiger partial charge on any atom is 0.0721 e. The average Bonchev–Trinajstić information content (AvgIpc) is 2.88. The lowest BCUT2D eigenvalue weighted by Crippen LogP contribution is -2.13. The van der Waals surface area contributed by atoms with E-state index in [1.54, 1.807) is 6.08 Å². The number of ether oxygens (including phenoxy) is 1. The summed E-state index contributed by atoms with van der Waals surface area (Å²) in [6.45, 7) is 7.19. The molecule has 1 aliphatic rings. The highest BCUT2D eigenvalue weighted by Crippen LogP contribution is 2.33. The zero-order valence-electron chi connectivity index (χ0n) is 21.3. The normalized spacial score (nSPS) is 18.6. The van der Waals surface area contributed by atoms with Crippen LogP contribution >= 0.6 is 0 Å². The van der Waals surface area contributed by atoms with Crippen molar-refractivity contribution in [3.63, 3.8) is 0 Å². The summed E-state index contributed by atoms with van der Waals surface area (Å²) < 4.78 is 5.51. The van der Waals surface area contributed by atoms with Crippen LogP contribution in [0.1, 0.15) is 87.0 Å². The summed E-state index contributed by atoms with van der Waals surface area (Å²) in [5.74, 6) is 1.69. The molecule has 2 aromatic carbocycles. The van der Waals surface area contributed by atoms with E-state index in [1.165, 1.54) is 80.0 Å². The van der Waals surface area contributed by atoms with Crippen molar-refractivity contribution in [3.05, 3.63) is 95.6 Å². The van der Waals surface area contributed by atoms with Gasteiger partial charge >= 0.3 is 0 Å². The first-order chi connectivity index (χ1) is 16.8. The van der Waals surface area contributed by atoms with Gasteiger partial charge in [0, 0.05) is 0 Å². The predicted octanol–water partition coefficient (Wildman–Crippen LogP) is 9.44. The molecule has 1 nitrogen and oxygen atoms in total. The van der Waals surface area contributed by atoms with Crippen molar-refractivity contribution in [2.45, 2.75) is 77.7 Å². The van der Waals surface area contributed by atoms with E-state index in [4.69, 9.17) is 4.74 Å². The van der Waals surface area contributed by atoms with Gasteiger partial charge in [-0.2, -0.15) is 0 Å². The molecule has 1 aliphatic carbocycles. The number of rotatable bonds is 14. The van der Waals surface area contributed by atoms with Crippen molar-refractivity contribution >= 4 is 12.2 Å². The van der Waals surface area contributed by atoms with Crippen LogP contribution in [0.25, 0.3) is 12.2 Å². The third kappa shape index (κ3) is 9.85. The second kappa shape index (κ2) is 15.5. The van der Waals surface area contributed by atoms with Gasteiger partial charge in [-0.25, -0.2) is 0 Å². The lowest BCUT2D eigenvalue weighted by Gasteiger charge is -2.26. The van der Waals surface area contributed by atoms with Crippen molar-refractivity contribution < 1.29 is 4.74 Å². The van der Waals surface area contributed by atoms with Crippen LogP contribution in [-0.4, -0.2) is 6.61 Å². The van der Waals surface area contributed by atoms with Crippen LogP contribution in [0.15, 0.2) is 73.3 Å². The van der Waals surface area contributed by atoms with E-state index in [1.807, 2.05) is 0 Å². The van der Waals surface area contributed by atoms with Crippen LogP contribution in [0.4, 0.5) is 0 Å². The minimum absolute atomic E-state index is 0.616. The third-order valence-corrected chi connectivity index (χ3v) is 7.01. The molecule has 0 unspecified atom stereocenters. The molecule has 0 amide bonds. The number of hydrogen-bond donors (Lipinski definition) is 0. The van der Waals surface area contributed by atoms with E-state index in [2.05, 4.69) is 86.3 Å². The quantitative estimate of drug-likeness (QED) is 0.203. The Morgan fingerprint density at radius 1 is 0.853 bits per heavy atom. The highest BCUT2D eigenvalue weighted by atomic mass is 16.5. The lowest BCUT2D eigenvalue weighted by molar-refractivity contribution is 0.149. The first kappa shape index (κ1) is 26.2. The van der Waals surface area contributed by atoms with Gasteiger partial charge in [0.25, 0.3) is 0 Å². The van der Waals surface area contributed by atoms with Gasteiger partial charge < -0.3 is 4.74 Å². The fraction of sp³-hybridized carbons (Fsp3) is 0.455. The Kier molecular flexibility index (Phi) is 12.0. The van der Waals surface area contributed by atoms with Gasteiger partial charge in [0.15, 0.2) is 0 Å².